The van der Waals surface area contributed by atoms with Gasteiger partial charge in [-0.15, -0.1) is 0 Å². The largest absolute Gasteiger partial charge is 0.497 e. The lowest BCUT2D eigenvalue weighted by atomic mass is 9.78. The molecule has 1 unspecified atom stereocenters. The minimum Gasteiger partial charge on any atom is -0.497 e. The number of methoxy groups -OCH3 is 2. The Labute approximate surface area is 145 Å². The topological polar surface area (TPSA) is 30.5 Å². The van der Waals surface area contributed by atoms with Gasteiger partial charge in [-0.3, -0.25) is 0 Å². The average molecular weight is 325 g/mol. The van der Waals surface area contributed by atoms with Crippen molar-refractivity contribution in [3.63, 3.8) is 0 Å². The Morgan fingerprint density at radius 3 is 2.50 bits per heavy atom. The lowest BCUT2D eigenvalue weighted by Gasteiger charge is -2.27. The summed E-state index contributed by atoms with van der Waals surface area (Å²) in [5.74, 6) is 2.47. The van der Waals surface area contributed by atoms with Crippen LogP contribution < -0.4 is 14.8 Å². The zero-order chi connectivity index (χ0) is 16.9. The first kappa shape index (κ1) is 16.8. The molecule has 1 atom stereocenters. The van der Waals surface area contributed by atoms with E-state index in [1.54, 1.807) is 14.2 Å². The van der Waals surface area contributed by atoms with Crippen molar-refractivity contribution in [2.24, 2.45) is 0 Å². The van der Waals surface area contributed by atoms with Gasteiger partial charge in [-0.1, -0.05) is 19.1 Å². The molecule has 24 heavy (non-hydrogen) atoms. The van der Waals surface area contributed by atoms with E-state index in [0.717, 1.165) is 37.4 Å². The van der Waals surface area contributed by atoms with Crippen LogP contribution in [0.3, 0.4) is 0 Å². The highest BCUT2D eigenvalue weighted by molar-refractivity contribution is 5.43. The van der Waals surface area contributed by atoms with Crippen molar-refractivity contribution < 1.29 is 9.47 Å². The third-order valence-corrected chi connectivity index (χ3v) is 5.00. The molecule has 3 nitrogen and oxygen atoms in total. The number of benzene rings is 2. The summed E-state index contributed by atoms with van der Waals surface area (Å²) >= 11 is 0. The number of nitrogens with one attached hydrogen (secondary N) is 1. The summed E-state index contributed by atoms with van der Waals surface area (Å²) in [5, 5.41) is 3.46. The maximum absolute atomic E-state index is 5.42. The van der Waals surface area contributed by atoms with Crippen LogP contribution in [0.4, 0.5) is 0 Å². The summed E-state index contributed by atoms with van der Waals surface area (Å²) in [5.41, 5.74) is 5.71. The van der Waals surface area contributed by atoms with Gasteiger partial charge >= 0.3 is 0 Å². The fourth-order valence-corrected chi connectivity index (χ4v) is 3.64. The second-order valence-electron chi connectivity index (χ2n) is 6.42. The zero-order valence-corrected chi connectivity index (χ0v) is 14.9. The molecule has 2 aromatic rings. The molecule has 1 aliphatic carbocycles. The predicted molar refractivity (Wildman–Crippen MR) is 98.1 cm³/mol. The molecule has 1 N–H and O–H groups in total. The van der Waals surface area contributed by atoms with Crippen LogP contribution in [-0.4, -0.2) is 20.8 Å². The average Bonchev–Trinajstić information content (AvgIpc) is 2.65. The highest BCUT2D eigenvalue weighted by Gasteiger charge is 2.22. The van der Waals surface area contributed by atoms with E-state index in [2.05, 4.69) is 48.6 Å². The molecule has 0 saturated carbocycles. The van der Waals surface area contributed by atoms with E-state index in [1.807, 2.05) is 0 Å². The third-order valence-electron chi connectivity index (χ3n) is 5.00. The van der Waals surface area contributed by atoms with Gasteiger partial charge in [0.15, 0.2) is 0 Å². The Balaban J connectivity index is 1.86. The molecule has 0 bridgehead atoms. The van der Waals surface area contributed by atoms with Gasteiger partial charge in [0.05, 0.1) is 14.2 Å². The van der Waals surface area contributed by atoms with E-state index >= 15 is 0 Å². The van der Waals surface area contributed by atoms with Gasteiger partial charge in [0, 0.05) is 6.54 Å². The summed E-state index contributed by atoms with van der Waals surface area (Å²) in [6, 6.07) is 13.0. The van der Waals surface area contributed by atoms with Gasteiger partial charge in [-0.2, -0.15) is 0 Å². The van der Waals surface area contributed by atoms with E-state index in [1.165, 1.54) is 28.7 Å². The van der Waals surface area contributed by atoms with Crippen LogP contribution in [0, 0.1) is 0 Å². The molecular formula is C21H27NO2. The number of hydrogen-bond acceptors (Lipinski definition) is 3. The normalized spacial score (nSPS) is 16.5. The van der Waals surface area contributed by atoms with Crippen LogP contribution >= 0.6 is 0 Å². The quantitative estimate of drug-likeness (QED) is 0.868. The SMILES string of the molecule is CCNCc1cc(OC)ccc1C1CCc2cc(OC)ccc2C1. The lowest BCUT2D eigenvalue weighted by Crippen LogP contribution is -2.18. The molecule has 128 valence electrons. The molecule has 3 rings (SSSR count). The maximum atomic E-state index is 5.42. The number of ether oxygens (including phenoxy) is 2. The Kier molecular flexibility index (Phi) is 5.41. The summed E-state index contributed by atoms with van der Waals surface area (Å²) in [6.07, 6.45) is 3.40. The third kappa shape index (κ3) is 3.57. The van der Waals surface area contributed by atoms with Crippen molar-refractivity contribution in [3.05, 3.63) is 58.7 Å². The van der Waals surface area contributed by atoms with E-state index in [9.17, 15) is 0 Å². The highest BCUT2D eigenvalue weighted by Crippen LogP contribution is 2.36. The van der Waals surface area contributed by atoms with Crippen LogP contribution in [0.5, 0.6) is 11.5 Å². The molecule has 0 spiro atoms. The standard InChI is InChI=1S/C21H27NO2/c1-4-22-14-18-13-20(24-3)9-10-21(18)17-6-5-16-12-19(23-2)8-7-15(16)11-17/h7-10,12-13,17,22H,4-6,11,14H2,1-3H3. The van der Waals surface area contributed by atoms with E-state index in [4.69, 9.17) is 9.47 Å². The molecule has 2 aromatic carbocycles. The van der Waals surface area contributed by atoms with Crippen LogP contribution in [0.15, 0.2) is 36.4 Å². The molecule has 0 amide bonds. The van der Waals surface area contributed by atoms with Crippen molar-refractivity contribution in [2.75, 3.05) is 20.8 Å². The number of rotatable bonds is 6. The predicted octanol–water partition coefficient (Wildman–Crippen LogP) is 4.09. The van der Waals surface area contributed by atoms with Gasteiger partial charge in [0.1, 0.15) is 11.5 Å². The fraction of sp³-hybridized carbons (Fsp3) is 0.429. The van der Waals surface area contributed by atoms with Gasteiger partial charge in [-0.25, -0.2) is 0 Å². The maximum Gasteiger partial charge on any atom is 0.119 e. The van der Waals surface area contributed by atoms with Crippen LogP contribution in [0.25, 0.3) is 0 Å². The highest BCUT2D eigenvalue weighted by atomic mass is 16.5. The number of fused-ring (bicyclic) bond motifs is 1. The van der Waals surface area contributed by atoms with Crippen molar-refractivity contribution in [3.8, 4) is 11.5 Å². The monoisotopic (exact) mass is 325 g/mol. The molecule has 3 heteroatoms. The first-order valence-corrected chi connectivity index (χ1v) is 8.78. The second kappa shape index (κ2) is 7.71. The van der Waals surface area contributed by atoms with E-state index < -0.39 is 0 Å². The van der Waals surface area contributed by atoms with Gasteiger partial charge in [-0.05, 0) is 78.2 Å². The van der Waals surface area contributed by atoms with Crippen molar-refractivity contribution in [1.29, 1.82) is 0 Å². The lowest BCUT2D eigenvalue weighted by molar-refractivity contribution is 0.412. The molecule has 0 aliphatic heterocycles. The first-order valence-electron chi connectivity index (χ1n) is 8.78. The van der Waals surface area contributed by atoms with Gasteiger partial charge < -0.3 is 14.8 Å². The van der Waals surface area contributed by atoms with E-state index in [-0.39, 0.29) is 0 Å². The van der Waals surface area contributed by atoms with Crippen LogP contribution in [0.2, 0.25) is 0 Å². The molecule has 0 saturated heterocycles. The fourth-order valence-electron chi connectivity index (χ4n) is 3.64. The van der Waals surface area contributed by atoms with Crippen LogP contribution in [-0.2, 0) is 19.4 Å². The van der Waals surface area contributed by atoms with Crippen molar-refractivity contribution in [1.82, 2.24) is 5.32 Å². The molecule has 0 heterocycles. The summed E-state index contributed by atoms with van der Waals surface area (Å²) < 4.78 is 10.8. The Morgan fingerprint density at radius 1 is 1.00 bits per heavy atom. The van der Waals surface area contributed by atoms with Gasteiger partial charge in [0.2, 0.25) is 0 Å². The van der Waals surface area contributed by atoms with Crippen LogP contribution in [0.1, 0.15) is 41.5 Å². The molecule has 0 fully saturated rings. The zero-order valence-electron chi connectivity index (χ0n) is 14.9. The van der Waals surface area contributed by atoms with Crippen molar-refractivity contribution >= 4 is 0 Å². The van der Waals surface area contributed by atoms with Gasteiger partial charge in [0.25, 0.3) is 0 Å². The molecular weight excluding hydrogens is 298 g/mol. The Hall–Kier alpha value is -2.00. The van der Waals surface area contributed by atoms with E-state index in [0.29, 0.717) is 5.92 Å². The molecule has 0 aromatic heterocycles. The minimum atomic E-state index is 0.574. The minimum absolute atomic E-state index is 0.574. The smallest absolute Gasteiger partial charge is 0.119 e. The first-order chi connectivity index (χ1) is 11.7. The molecule has 1 aliphatic rings. The van der Waals surface area contributed by atoms with Crippen molar-refractivity contribution in [2.45, 2.75) is 38.6 Å². The summed E-state index contributed by atoms with van der Waals surface area (Å²) in [6.45, 7) is 4.02. The second-order valence-corrected chi connectivity index (χ2v) is 6.42. The Bertz CT molecular complexity index is 696. The summed E-state index contributed by atoms with van der Waals surface area (Å²) in [4.78, 5) is 0. The number of aryl methyl sites for hydroxylation is 1. The molecule has 0 radical (unpaired) electrons. The summed E-state index contributed by atoms with van der Waals surface area (Å²) in [7, 11) is 3.47. The Morgan fingerprint density at radius 2 is 1.75 bits per heavy atom. The number of hydrogen-bond donors (Lipinski definition) is 1.